The minimum Gasteiger partial charge on any atom is -0.350 e. The number of nitrogens with zero attached hydrogens (tertiary/aromatic N) is 1. The first-order chi connectivity index (χ1) is 16.0. The van der Waals surface area contributed by atoms with Crippen molar-refractivity contribution in [1.82, 2.24) is 10.4 Å². The van der Waals surface area contributed by atoms with Gasteiger partial charge in [0, 0.05) is 22.0 Å². The highest BCUT2D eigenvalue weighted by Crippen LogP contribution is 2.31. The Kier molecular flexibility index (Phi) is 5.90. The Morgan fingerprint density at radius 1 is 0.735 bits per heavy atom. The maximum atomic E-state index is 13.2. The van der Waals surface area contributed by atoms with Gasteiger partial charge in [-0.05, 0) is 36.4 Å². The standard InChI is InChI=1S/C24H15F6N3O/c25-23(26,27)17-10-8-14(9-11-17)21(16-5-3-6-18(12-16)24(28,29)30)32-33-22(34)20-13-15-4-1-2-7-19(15)31-20/h1-13,31H,(H,33,34)/b32-21-. The number of amides is 1. The number of aromatic amines is 1. The zero-order valence-corrected chi connectivity index (χ0v) is 17.1. The number of hydrogen-bond acceptors (Lipinski definition) is 2. The van der Waals surface area contributed by atoms with Gasteiger partial charge in [0.25, 0.3) is 5.91 Å². The summed E-state index contributed by atoms with van der Waals surface area (Å²) in [7, 11) is 0. The van der Waals surface area contributed by atoms with Crippen LogP contribution >= 0.6 is 0 Å². The number of fused-ring (bicyclic) bond motifs is 1. The summed E-state index contributed by atoms with van der Waals surface area (Å²) in [5.74, 6) is -0.674. The predicted molar refractivity (Wildman–Crippen MR) is 114 cm³/mol. The summed E-state index contributed by atoms with van der Waals surface area (Å²) < 4.78 is 78.5. The minimum absolute atomic E-state index is 0.0356. The zero-order chi connectivity index (χ0) is 24.5. The van der Waals surface area contributed by atoms with Crippen molar-refractivity contribution in [3.05, 3.63) is 107 Å². The highest BCUT2D eigenvalue weighted by Gasteiger charge is 2.32. The number of para-hydroxylation sites is 1. The number of benzene rings is 3. The molecule has 0 fully saturated rings. The number of H-pyrrole nitrogens is 1. The molecule has 1 heterocycles. The van der Waals surface area contributed by atoms with E-state index in [4.69, 9.17) is 0 Å². The van der Waals surface area contributed by atoms with E-state index >= 15 is 0 Å². The molecule has 0 aliphatic rings. The van der Waals surface area contributed by atoms with Crippen molar-refractivity contribution in [2.75, 3.05) is 0 Å². The molecule has 0 unspecified atom stereocenters. The zero-order valence-electron chi connectivity index (χ0n) is 17.1. The Hall–Kier alpha value is -4.08. The fourth-order valence-electron chi connectivity index (χ4n) is 3.32. The molecule has 2 N–H and O–H groups in total. The SMILES string of the molecule is O=C(N/N=C(/c1ccc(C(F)(F)F)cc1)c1cccc(C(F)(F)F)c1)c1cc2ccccc2[nH]1. The number of hydrazone groups is 1. The van der Waals surface area contributed by atoms with Crippen LogP contribution in [-0.2, 0) is 12.4 Å². The molecule has 34 heavy (non-hydrogen) atoms. The molecule has 1 amide bonds. The fraction of sp³-hybridized carbons (Fsp3) is 0.0833. The number of halogens is 6. The van der Waals surface area contributed by atoms with E-state index in [-0.39, 0.29) is 22.5 Å². The van der Waals surface area contributed by atoms with Crippen LogP contribution in [0.25, 0.3) is 10.9 Å². The first kappa shape index (κ1) is 23.1. The van der Waals surface area contributed by atoms with E-state index < -0.39 is 29.4 Å². The minimum atomic E-state index is -4.64. The maximum absolute atomic E-state index is 13.2. The smallest absolute Gasteiger partial charge is 0.350 e. The largest absolute Gasteiger partial charge is 0.416 e. The van der Waals surface area contributed by atoms with Crippen molar-refractivity contribution in [2.45, 2.75) is 12.4 Å². The van der Waals surface area contributed by atoms with E-state index in [2.05, 4.69) is 15.5 Å². The van der Waals surface area contributed by atoms with Gasteiger partial charge in [-0.15, -0.1) is 0 Å². The number of carbonyl (C=O) groups is 1. The molecule has 0 bridgehead atoms. The summed E-state index contributed by atoms with van der Waals surface area (Å²) in [5.41, 5.74) is 1.14. The lowest BCUT2D eigenvalue weighted by molar-refractivity contribution is -0.138. The van der Waals surface area contributed by atoms with Gasteiger partial charge in [0.1, 0.15) is 5.69 Å². The summed E-state index contributed by atoms with van der Waals surface area (Å²) >= 11 is 0. The number of alkyl halides is 6. The third kappa shape index (κ3) is 4.95. The first-order valence-corrected chi connectivity index (χ1v) is 9.83. The van der Waals surface area contributed by atoms with Crippen molar-refractivity contribution >= 4 is 22.5 Å². The molecule has 0 aliphatic heterocycles. The number of carbonyl (C=O) groups excluding carboxylic acids is 1. The van der Waals surface area contributed by atoms with E-state index in [0.29, 0.717) is 5.52 Å². The Bertz CT molecular complexity index is 1330. The molecule has 0 atom stereocenters. The Labute approximate surface area is 188 Å². The van der Waals surface area contributed by atoms with Crippen LogP contribution in [-0.4, -0.2) is 16.6 Å². The summed E-state index contributed by atoms with van der Waals surface area (Å²) in [6.07, 6.45) is -9.23. The second-order valence-electron chi connectivity index (χ2n) is 7.33. The molecule has 174 valence electrons. The number of nitrogens with one attached hydrogen (secondary N) is 2. The van der Waals surface area contributed by atoms with Crippen LogP contribution in [0, 0.1) is 0 Å². The molecule has 0 saturated heterocycles. The van der Waals surface area contributed by atoms with Crippen LogP contribution in [0.5, 0.6) is 0 Å². The van der Waals surface area contributed by atoms with Crippen molar-refractivity contribution in [3.63, 3.8) is 0 Å². The van der Waals surface area contributed by atoms with Gasteiger partial charge in [-0.3, -0.25) is 4.79 Å². The lowest BCUT2D eigenvalue weighted by Crippen LogP contribution is -2.21. The van der Waals surface area contributed by atoms with Crippen LogP contribution in [0.3, 0.4) is 0 Å². The monoisotopic (exact) mass is 475 g/mol. The molecule has 0 saturated carbocycles. The second-order valence-corrected chi connectivity index (χ2v) is 7.33. The van der Waals surface area contributed by atoms with Gasteiger partial charge in [-0.1, -0.05) is 42.5 Å². The number of aromatic nitrogens is 1. The third-order valence-electron chi connectivity index (χ3n) is 4.99. The van der Waals surface area contributed by atoms with Gasteiger partial charge >= 0.3 is 12.4 Å². The van der Waals surface area contributed by atoms with Crippen LogP contribution < -0.4 is 5.43 Å². The highest BCUT2D eigenvalue weighted by molar-refractivity contribution is 6.13. The summed E-state index contributed by atoms with van der Waals surface area (Å²) in [4.78, 5) is 15.5. The number of hydrogen-bond donors (Lipinski definition) is 2. The molecule has 1 aromatic heterocycles. The van der Waals surface area contributed by atoms with E-state index in [1.165, 1.54) is 6.07 Å². The molecule has 0 radical (unpaired) electrons. The molecule has 0 spiro atoms. The van der Waals surface area contributed by atoms with E-state index in [0.717, 1.165) is 47.9 Å². The van der Waals surface area contributed by atoms with Gasteiger partial charge < -0.3 is 4.98 Å². The average Bonchev–Trinajstić information content (AvgIpc) is 3.23. The maximum Gasteiger partial charge on any atom is 0.416 e. The normalized spacial score (nSPS) is 12.7. The van der Waals surface area contributed by atoms with Crippen molar-refractivity contribution in [2.24, 2.45) is 5.10 Å². The molecule has 3 aromatic carbocycles. The van der Waals surface area contributed by atoms with Gasteiger partial charge in [-0.2, -0.15) is 31.4 Å². The summed E-state index contributed by atoms with van der Waals surface area (Å²) in [6, 6.07) is 16.5. The molecule has 0 aliphatic carbocycles. The quantitative estimate of drug-likeness (QED) is 0.201. The van der Waals surface area contributed by atoms with Crippen LogP contribution in [0.4, 0.5) is 26.3 Å². The fourth-order valence-corrected chi connectivity index (χ4v) is 3.32. The van der Waals surface area contributed by atoms with Crippen LogP contribution in [0.2, 0.25) is 0 Å². The van der Waals surface area contributed by atoms with Crippen molar-refractivity contribution in [3.8, 4) is 0 Å². The van der Waals surface area contributed by atoms with E-state index in [1.807, 2.05) is 0 Å². The molecule has 10 heteroatoms. The van der Waals surface area contributed by atoms with Crippen molar-refractivity contribution in [1.29, 1.82) is 0 Å². The lowest BCUT2D eigenvalue weighted by Gasteiger charge is -2.12. The van der Waals surface area contributed by atoms with Gasteiger partial charge in [0.05, 0.1) is 16.8 Å². The average molecular weight is 475 g/mol. The highest BCUT2D eigenvalue weighted by atomic mass is 19.4. The summed E-state index contributed by atoms with van der Waals surface area (Å²) in [5, 5.41) is 4.74. The Balaban J connectivity index is 1.72. The Morgan fingerprint density at radius 3 is 2.06 bits per heavy atom. The molecule has 4 rings (SSSR count). The third-order valence-corrected chi connectivity index (χ3v) is 4.99. The van der Waals surface area contributed by atoms with E-state index in [9.17, 15) is 31.1 Å². The van der Waals surface area contributed by atoms with Crippen molar-refractivity contribution < 1.29 is 31.1 Å². The Morgan fingerprint density at radius 2 is 1.41 bits per heavy atom. The number of rotatable bonds is 4. The lowest BCUT2D eigenvalue weighted by atomic mass is 9.99. The topological polar surface area (TPSA) is 57.2 Å². The first-order valence-electron chi connectivity index (χ1n) is 9.83. The molecule has 4 aromatic rings. The molecular weight excluding hydrogens is 460 g/mol. The van der Waals surface area contributed by atoms with Crippen LogP contribution in [0.1, 0.15) is 32.7 Å². The van der Waals surface area contributed by atoms with Gasteiger partial charge in [-0.25, -0.2) is 5.43 Å². The van der Waals surface area contributed by atoms with E-state index in [1.54, 1.807) is 30.3 Å². The predicted octanol–water partition coefficient (Wildman–Crippen LogP) is 6.39. The molecular formula is C24H15F6N3O. The van der Waals surface area contributed by atoms with Gasteiger partial charge in [0.15, 0.2) is 0 Å². The molecule has 4 nitrogen and oxygen atoms in total. The van der Waals surface area contributed by atoms with Crippen LogP contribution in [0.15, 0.2) is 84.0 Å². The van der Waals surface area contributed by atoms with Gasteiger partial charge in [0.2, 0.25) is 0 Å². The summed E-state index contributed by atoms with van der Waals surface area (Å²) in [6.45, 7) is 0. The second kappa shape index (κ2) is 8.69.